The largest absolute Gasteiger partial charge is 0.350 e. The maximum atomic E-state index is 12.5. The minimum atomic E-state index is -0.134. The number of rotatable bonds is 3. The fraction of sp³-hybridized carbons (Fsp3) is 0.529. The minimum absolute atomic E-state index is 0.0546. The van der Waals surface area contributed by atoms with Gasteiger partial charge in [0.1, 0.15) is 6.54 Å². The second kappa shape index (κ2) is 7.21. The number of nitrogens with one attached hydrogen (secondary N) is 2. The molecule has 2 atom stereocenters. The van der Waals surface area contributed by atoms with Gasteiger partial charge in [0, 0.05) is 17.6 Å². The van der Waals surface area contributed by atoms with E-state index in [2.05, 4.69) is 10.6 Å². The molecule has 6 heteroatoms. The molecule has 0 spiro atoms. The van der Waals surface area contributed by atoms with Gasteiger partial charge in [-0.15, -0.1) is 0 Å². The van der Waals surface area contributed by atoms with Gasteiger partial charge in [0.2, 0.25) is 5.91 Å². The van der Waals surface area contributed by atoms with Gasteiger partial charge < -0.3 is 15.5 Å². The maximum absolute atomic E-state index is 12.5. The molecule has 2 unspecified atom stereocenters. The number of carbonyl (C=O) groups is 2. The SMILES string of the molecule is O=C1CN(C(=O)NCCc2ccc(Cl)cc2)C2CCCCC2N1. The predicted molar refractivity (Wildman–Crippen MR) is 89.4 cm³/mol. The van der Waals surface area contributed by atoms with Gasteiger partial charge in [-0.2, -0.15) is 0 Å². The molecule has 1 aromatic carbocycles. The molecule has 23 heavy (non-hydrogen) atoms. The zero-order valence-electron chi connectivity index (χ0n) is 13.1. The second-order valence-electron chi connectivity index (χ2n) is 6.26. The van der Waals surface area contributed by atoms with Crippen molar-refractivity contribution in [1.29, 1.82) is 0 Å². The molecule has 0 bridgehead atoms. The Kier molecular flexibility index (Phi) is 5.06. The zero-order valence-corrected chi connectivity index (χ0v) is 13.8. The van der Waals surface area contributed by atoms with Crippen molar-refractivity contribution < 1.29 is 9.59 Å². The number of halogens is 1. The molecule has 1 aliphatic carbocycles. The maximum Gasteiger partial charge on any atom is 0.318 e. The Morgan fingerprint density at radius 3 is 2.78 bits per heavy atom. The molecule has 2 N–H and O–H groups in total. The lowest BCUT2D eigenvalue weighted by Crippen LogP contribution is -2.64. The summed E-state index contributed by atoms with van der Waals surface area (Å²) in [5.74, 6) is -0.0546. The van der Waals surface area contributed by atoms with Crippen LogP contribution in [0.4, 0.5) is 4.79 Å². The lowest BCUT2D eigenvalue weighted by atomic mass is 9.87. The topological polar surface area (TPSA) is 61.4 Å². The summed E-state index contributed by atoms with van der Waals surface area (Å²) in [6.07, 6.45) is 4.91. The number of hydrogen-bond donors (Lipinski definition) is 2. The molecule has 0 aromatic heterocycles. The van der Waals surface area contributed by atoms with Gasteiger partial charge in [-0.05, 0) is 37.0 Å². The Labute approximate surface area is 141 Å². The lowest BCUT2D eigenvalue weighted by molar-refractivity contribution is -0.126. The minimum Gasteiger partial charge on any atom is -0.350 e. The molecule has 124 valence electrons. The highest BCUT2D eigenvalue weighted by atomic mass is 35.5. The van der Waals surface area contributed by atoms with Crippen molar-refractivity contribution in [2.24, 2.45) is 0 Å². The summed E-state index contributed by atoms with van der Waals surface area (Å²) in [5.41, 5.74) is 1.13. The molecule has 1 aromatic rings. The highest BCUT2D eigenvalue weighted by Gasteiger charge is 2.38. The van der Waals surface area contributed by atoms with Gasteiger partial charge in [0.25, 0.3) is 0 Å². The molecule has 1 heterocycles. The van der Waals surface area contributed by atoms with Gasteiger partial charge in [-0.1, -0.05) is 36.6 Å². The summed E-state index contributed by atoms with van der Waals surface area (Å²) < 4.78 is 0. The summed E-state index contributed by atoms with van der Waals surface area (Å²) in [4.78, 5) is 26.0. The van der Waals surface area contributed by atoms with Crippen molar-refractivity contribution in [2.45, 2.75) is 44.2 Å². The number of nitrogens with zero attached hydrogens (tertiary/aromatic N) is 1. The van der Waals surface area contributed by atoms with Crippen LogP contribution in [-0.2, 0) is 11.2 Å². The summed E-state index contributed by atoms with van der Waals surface area (Å²) >= 11 is 5.86. The zero-order chi connectivity index (χ0) is 16.2. The normalized spacial score (nSPS) is 23.9. The van der Waals surface area contributed by atoms with Crippen LogP contribution in [0.2, 0.25) is 5.02 Å². The third kappa shape index (κ3) is 3.96. The predicted octanol–water partition coefficient (Wildman–Crippen LogP) is 2.34. The molecule has 1 saturated heterocycles. The van der Waals surface area contributed by atoms with E-state index < -0.39 is 0 Å². The van der Waals surface area contributed by atoms with Crippen LogP contribution in [0.25, 0.3) is 0 Å². The quantitative estimate of drug-likeness (QED) is 0.890. The van der Waals surface area contributed by atoms with E-state index in [-0.39, 0.29) is 30.6 Å². The number of amides is 3. The third-order valence-electron chi connectivity index (χ3n) is 4.65. The van der Waals surface area contributed by atoms with E-state index >= 15 is 0 Å². The van der Waals surface area contributed by atoms with Gasteiger partial charge in [-0.25, -0.2) is 4.79 Å². The number of piperazine rings is 1. The molecule has 3 amide bonds. The van der Waals surface area contributed by atoms with Crippen LogP contribution < -0.4 is 10.6 Å². The molecule has 3 rings (SSSR count). The van der Waals surface area contributed by atoms with E-state index in [1.807, 2.05) is 24.3 Å². The van der Waals surface area contributed by atoms with Crippen LogP contribution in [0, 0.1) is 0 Å². The molecule has 5 nitrogen and oxygen atoms in total. The smallest absolute Gasteiger partial charge is 0.318 e. The Hall–Kier alpha value is -1.75. The lowest BCUT2D eigenvalue weighted by Gasteiger charge is -2.43. The van der Waals surface area contributed by atoms with E-state index in [1.165, 1.54) is 0 Å². The Morgan fingerprint density at radius 2 is 2.00 bits per heavy atom. The second-order valence-corrected chi connectivity index (χ2v) is 6.70. The Bertz CT molecular complexity index is 576. The summed E-state index contributed by atoms with van der Waals surface area (Å²) in [5, 5.41) is 6.67. The Balaban J connectivity index is 1.54. The van der Waals surface area contributed by atoms with Gasteiger partial charge in [0.15, 0.2) is 0 Å². The van der Waals surface area contributed by atoms with Gasteiger partial charge >= 0.3 is 6.03 Å². The van der Waals surface area contributed by atoms with E-state index in [4.69, 9.17) is 11.6 Å². The average molecular weight is 336 g/mol. The first kappa shape index (κ1) is 16.1. The van der Waals surface area contributed by atoms with Crippen molar-refractivity contribution in [3.8, 4) is 0 Å². The fourth-order valence-corrected chi connectivity index (χ4v) is 3.59. The van der Waals surface area contributed by atoms with Crippen molar-refractivity contribution in [3.63, 3.8) is 0 Å². The molecular weight excluding hydrogens is 314 g/mol. The summed E-state index contributed by atoms with van der Waals surface area (Å²) in [6.45, 7) is 0.712. The van der Waals surface area contributed by atoms with Crippen LogP contribution in [0.5, 0.6) is 0 Å². The highest BCUT2D eigenvalue weighted by molar-refractivity contribution is 6.30. The van der Waals surface area contributed by atoms with Crippen LogP contribution in [0.15, 0.2) is 24.3 Å². The molecular formula is C17H22ClN3O2. The van der Waals surface area contributed by atoms with Crippen LogP contribution >= 0.6 is 11.6 Å². The van der Waals surface area contributed by atoms with Gasteiger partial charge in [0.05, 0.1) is 6.04 Å². The molecule has 0 radical (unpaired) electrons. The average Bonchev–Trinajstić information content (AvgIpc) is 2.55. The van der Waals surface area contributed by atoms with E-state index in [0.29, 0.717) is 11.6 Å². The first-order valence-electron chi connectivity index (χ1n) is 8.22. The molecule has 2 aliphatic rings. The van der Waals surface area contributed by atoms with E-state index in [1.54, 1.807) is 4.90 Å². The van der Waals surface area contributed by atoms with Crippen molar-refractivity contribution in [1.82, 2.24) is 15.5 Å². The van der Waals surface area contributed by atoms with Crippen molar-refractivity contribution >= 4 is 23.5 Å². The standard InChI is InChI=1S/C17H22ClN3O2/c18-13-7-5-12(6-8-13)9-10-19-17(23)21-11-16(22)20-14-3-1-2-4-15(14)21/h5-8,14-15H,1-4,9-11H2,(H,19,23)(H,20,22). The van der Waals surface area contributed by atoms with Gasteiger partial charge in [-0.3, -0.25) is 4.79 Å². The number of fused-ring (bicyclic) bond motifs is 1. The number of urea groups is 1. The number of hydrogen-bond acceptors (Lipinski definition) is 2. The summed E-state index contributed by atoms with van der Waals surface area (Å²) in [6, 6.07) is 7.73. The molecule has 2 fully saturated rings. The first-order chi connectivity index (χ1) is 11.1. The number of carbonyl (C=O) groups excluding carboxylic acids is 2. The fourth-order valence-electron chi connectivity index (χ4n) is 3.47. The summed E-state index contributed by atoms with van der Waals surface area (Å²) in [7, 11) is 0. The van der Waals surface area contributed by atoms with Crippen LogP contribution in [-0.4, -0.2) is 42.0 Å². The van der Waals surface area contributed by atoms with Crippen LogP contribution in [0.3, 0.4) is 0 Å². The number of benzene rings is 1. The monoisotopic (exact) mass is 335 g/mol. The van der Waals surface area contributed by atoms with E-state index in [0.717, 1.165) is 37.7 Å². The third-order valence-corrected chi connectivity index (χ3v) is 4.91. The highest BCUT2D eigenvalue weighted by Crippen LogP contribution is 2.25. The molecule has 1 saturated carbocycles. The molecule has 1 aliphatic heterocycles. The first-order valence-corrected chi connectivity index (χ1v) is 8.59. The van der Waals surface area contributed by atoms with E-state index in [9.17, 15) is 9.59 Å². The Morgan fingerprint density at radius 1 is 1.26 bits per heavy atom. The van der Waals surface area contributed by atoms with Crippen molar-refractivity contribution in [2.75, 3.05) is 13.1 Å². The van der Waals surface area contributed by atoms with Crippen molar-refractivity contribution in [3.05, 3.63) is 34.9 Å². The van der Waals surface area contributed by atoms with Crippen LogP contribution in [0.1, 0.15) is 31.2 Å².